The molecule has 0 atom stereocenters. The number of nitrogens with zero attached hydrogens (tertiary/aromatic N) is 2. The van der Waals surface area contributed by atoms with Crippen LogP contribution in [0.15, 0.2) is 62.1 Å². The SMILES string of the molecule is Cc1cc2oc(=O)cc(CSc3nnc(NCc4ccccc4)s3)c2cc1C. The predicted octanol–water partition coefficient (Wildman–Crippen LogP) is 5.17. The van der Waals surface area contributed by atoms with E-state index in [9.17, 15) is 4.79 Å². The Morgan fingerprint density at radius 2 is 1.86 bits per heavy atom. The first-order chi connectivity index (χ1) is 13.6. The molecule has 2 aromatic carbocycles. The summed E-state index contributed by atoms with van der Waals surface area (Å²) in [6.45, 7) is 4.79. The molecule has 0 aliphatic rings. The van der Waals surface area contributed by atoms with Gasteiger partial charge < -0.3 is 9.73 Å². The lowest BCUT2D eigenvalue weighted by atomic mass is 10.0. The molecule has 7 heteroatoms. The molecule has 0 spiro atoms. The molecular formula is C21H19N3O2S2. The number of nitrogens with one attached hydrogen (secondary N) is 1. The van der Waals surface area contributed by atoms with Gasteiger partial charge >= 0.3 is 5.63 Å². The topological polar surface area (TPSA) is 68.0 Å². The summed E-state index contributed by atoms with van der Waals surface area (Å²) in [5.74, 6) is 0.637. The average molecular weight is 410 g/mol. The summed E-state index contributed by atoms with van der Waals surface area (Å²) in [7, 11) is 0. The molecule has 0 aliphatic heterocycles. The molecule has 2 heterocycles. The van der Waals surface area contributed by atoms with Crippen molar-refractivity contribution in [1.82, 2.24) is 10.2 Å². The summed E-state index contributed by atoms with van der Waals surface area (Å²) >= 11 is 3.09. The number of fused-ring (bicyclic) bond motifs is 1. The Labute approximate surface area is 170 Å². The molecule has 0 bridgehead atoms. The van der Waals surface area contributed by atoms with Crippen molar-refractivity contribution in [1.29, 1.82) is 0 Å². The second kappa shape index (κ2) is 8.16. The predicted molar refractivity (Wildman–Crippen MR) is 115 cm³/mol. The van der Waals surface area contributed by atoms with Crippen LogP contribution in [0.1, 0.15) is 22.3 Å². The van der Waals surface area contributed by atoms with Gasteiger partial charge in [-0.3, -0.25) is 0 Å². The number of aromatic nitrogens is 2. The maximum atomic E-state index is 11.9. The van der Waals surface area contributed by atoms with Crippen LogP contribution in [-0.2, 0) is 12.3 Å². The van der Waals surface area contributed by atoms with Gasteiger partial charge in [0.1, 0.15) is 5.58 Å². The molecule has 0 amide bonds. The van der Waals surface area contributed by atoms with Gasteiger partial charge in [0.25, 0.3) is 0 Å². The molecule has 2 aromatic heterocycles. The highest BCUT2D eigenvalue weighted by Gasteiger charge is 2.10. The van der Waals surface area contributed by atoms with Gasteiger partial charge in [0, 0.05) is 23.8 Å². The lowest BCUT2D eigenvalue weighted by molar-refractivity contribution is 0.559. The third kappa shape index (κ3) is 4.26. The Morgan fingerprint density at radius 1 is 1.07 bits per heavy atom. The Morgan fingerprint density at radius 3 is 2.68 bits per heavy atom. The van der Waals surface area contributed by atoms with Crippen LogP contribution in [0, 0.1) is 13.8 Å². The van der Waals surface area contributed by atoms with E-state index in [-0.39, 0.29) is 5.63 Å². The van der Waals surface area contributed by atoms with Gasteiger partial charge in [0.2, 0.25) is 5.13 Å². The molecule has 0 aliphatic carbocycles. The Bertz CT molecular complexity index is 1170. The molecule has 142 valence electrons. The van der Waals surface area contributed by atoms with Crippen molar-refractivity contribution in [2.45, 2.75) is 30.5 Å². The summed E-state index contributed by atoms with van der Waals surface area (Å²) < 4.78 is 6.23. The van der Waals surface area contributed by atoms with E-state index in [1.165, 1.54) is 22.5 Å². The van der Waals surface area contributed by atoms with Crippen LogP contribution in [0.5, 0.6) is 0 Å². The fraction of sp³-hybridized carbons (Fsp3) is 0.190. The molecule has 1 N–H and O–H groups in total. The summed E-state index contributed by atoms with van der Waals surface area (Å²) in [4.78, 5) is 11.9. The normalized spacial score (nSPS) is 11.1. The molecule has 5 nitrogen and oxygen atoms in total. The standard InChI is InChI=1S/C21H19N3O2S2/c1-13-8-17-16(10-19(25)26-18(17)9-14(13)2)12-27-21-24-23-20(28-21)22-11-15-6-4-3-5-7-15/h3-10H,11-12H2,1-2H3,(H,22,23). The van der Waals surface area contributed by atoms with E-state index in [2.05, 4.69) is 40.6 Å². The zero-order chi connectivity index (χ0) is 19.5. The number of thioether (sulfide) groups is 1. The van der Waals surface area contributed by atoms with Crippen LogP contribution >= 0.6 is 23.1 Å². The third-order valence-corrected chi connectivity index (χ3v) is 6.55. The fourth-order valence-electron chi connectivity index (χ4n) is 2.85. The maximum absolute atomic E-state index is 11.9. The van der Waals surface area contributed by atoms with Crippen molar-refractivity contribution in [2.75, 3.05) is 5.32 Å². The molecule has 4 aromatic rings. The minimum absolute atomic E-state index is 0.325. The zero-order valence-electron chi connectivity index (χ0n) is 15.6. The van der Waals surface area contributed by atoms with E-state index >= 15 is 0 Å². The lowest BCUT2D eigenvalue weighted by Gasteiger charge is -2.07. The quantitative estimate of drug-likeness (QED) is 0.350. The number of hydrogen-bond donors (Lipinski definition) is 1. The van der Waals surface area contributed by atoms with E-state index in [0.29, 0.717) is 17.9 Å². The van der Waals surface area contributed by atoms with E-state index in [1.54, 1.807) is 17.8 Å². The van der Waals surface area contributed by atoms with Gasteiger partial charge in [-0.25, -0.2) is 4.79 Å². The highest BCUT2D eigenvalue weighted by molar-refractivity contribution is 8.00. The van der Waals surface area contributed by atoms with Crippen molar-refractivity contribution in [3.8, 4) is 0 Å². The molecule has 0 fully saturated rings. The number of anilines is 1. The highest BCUT2D eigenvalue weighted by Crippen LogP contribution is 2.31. The van der Waals surface area contributed by atoms with Crippen LogP contribution in [0.2, 0.25) is 0 Å². The summed E-state index contributed by atoms with van der Waals surface area (Å²) in [6, 6.07) is 15.7. The van der Waals surface area contributed by atoms with Crippen LogP contribution in [0.3, 0.4) is 0 Å². The van der Waals surface area contributed by atoms with Crippen LogP contribution in [-0.4, -0.2) is 10.2 Å². The van der Waals surface area contributed by atoms with Crippen LogP contribution < -0.4 is 10.9 Å². The molecule has 28 heavy (non-hydrogen) atoms. The molecule has 0 radical (unpaired) electrons. The smallest absolute Gasteiger partial charge is 0.336 e. The van der Waals surface area contributed by atoms with E-state index < -0.39 is 0 Å². The molecule has 0 saturated carbocycles. The first kappa shape index (κ1) is 18.7. The van der Waals surface area contributed by atoms with Crippen molar-refractivity contribution in [2.24, 2.45) is 0 Å². The third-order valence-electron chi connectivity index (χ3n) is 4.49. The Kier molecular flexibility index (Phi) is 5.45. The molecule has 4 rings (SSSR count). The van der Waals surface area contributed by atoms with E-state index in [4.69, 9.17) is 4.42 Å². The lowest BCUT2D eigenvalue weighted by Crippen LogP contribution is -2.00. The second-order valence-corrected chi connectivity index (χ2v) is 8.72. The number of rotatable bonds is 6. The van der Waals surface area contributed by atoms with Gasteiger partial charge in [0.05, 0.1) is 0 Å². The van der Waals surface area contributed by atoms with E-state index in [1.807, 2.05) is 31.2 Å². The number of aryl methyl sites for hydroxylation is 2. The highest BCUT2D eigenvalue weighted by atomic mass is 32.2. The molecule has 0 unspecified atom stereocenters. The molecular weight excluding hydrogens is 390 g/mol. The van der Waals surface area contributed by atoms with Crippen molar-refractivity contribution in [3.05, 3.63) is 81.2 Å². The van der Waals surface area contributed by atoms with Gasteiger partial charge in [-0.05, 0) is 48.2 Å². The second-order valence-electron chi connectivity index (χ2n) is 6.52. The average Bonchev–Trinajstić information content (AvgIpc) is 3.14. The van der Waals surface area contributed by atoms with Crippen molar-refractivity contribution < 1.29 is 4.42 Å². The van der Waals surface area contributed by atoms with Crippen LogP contribution in [0.25, 0.3) is 11.0 Å². The molecule has 0 saturated heterocycles. The minimum Gasteiger partial charge on any atom is -0.423 e. The maximum Gasteiger partial charge on any atom is 0.336 e. The summed E-state index contributed by atoms with van der Waals surface area (Å²) in [5, 5.41) is 13.5. The van der Waals surface area contributed by atoms with Gasteiger partial charge in [-0.1, -0.05) is 53.4 Å². The first-order valence-electron chi connectivity index (χ1n) is 8.86. The van der Waals surface area contributed by atoms with Crippen molar-refractivity contribution in [3.63, 3.8) is 0 Å². The van der Waals surface area contributed by atoms with Crippen molar-refractivity contribution >= 4 is 39.2 Å². The van der Waals surface area contributed by atoms with E-state index in [0.717, 1.165) is 26.0 Å². The Hall–Kier alpha value is -2.64. The van der Waals surface area contributed by atoms with Gasteiger partial charge in [-0.15, -0.1) is 10.2 Å². The monoisotopic (exact) mass is 409 g/mol. The number of benzene rings is 2. The van der Waals surface area contributed by atoms with Gasteiger partial charge in [-0.2, -0.15) is 0 Å². The first-order valence-corrected chi connectivity index (χ1v) is 10.7. The minimum atomic E-state index is -0.325. The summed E-state index contributed by atoms with van der Waals surface area (Å²) in [5.41, 5.74) is 4.74. The fourth-order valence-corrected chi connectivity index (χ4v) is 4.59. The number of hydrogen-bond acceptors (Lipinski definition) is 7. The summed E-state index contributed by atoms with van der Waals surface area (Å²) in [6.07, 6.45) is 0. The van der Waals surface area contributed by atoms with Gasteiger partial charge in [0.15, 0.2) is 4.34 Å². The Balaban J connectivity index is 1.47. The largest absolute Gasteiger partial charge is 0.423 e. The zero-order valence-corrected chi connectivity index (χ0v) is 17.2. The van der Waals surface area contributed by atoms with Crippen LogP contribution in [0.4, 0.5) is 5.13 Å².